The first-order valence-electron chi connectivity index (χ1n) is 5.52. The van der Waals surface area contributed by atoms with E-state index >= 15 is 0 Å². The monoisotopic (exact) mass is 197 g/mol. The summed E-state index contributed by atoms with van der Waals surface area (Å²) in [5.41, 5.74) is 0. The molecule has 2 heteroatoms. The Morgan fingerprint density at radius 3 is 2.50 bits per heavy atom. The minimum absolute atomic E-state index is 0.254. The fourth-order valence-electron chi connectivity index (χ4n) is 1.47. The van der Waals surface area contributed by atoms with Crippen molar-refractivity contribution in [3.63, 3.8) is 0 Å². The fourth-order valence-corrected chi connectivity index (χ4v) is 1.47. The summed E-state index contributed by atoms with van der Waals surface area (Å²) in [5.74, 6) is 0.676. The zero-order valence-corrected chi connectivity index (χ0v) is 9.92. The van der Waals surface area contributed by atoms with E-state index in [1.54, 1.807) is 4.90 Å². The van der Waals surface area contributed by atoms with Crippen molar-refractivity contribution in [1.82, 2.24) is 4.90 Å². The van der Waals surface area contributed by atoms with E-state index in [-0.39, 0.29) is 5.91 Å². The fraction of sp³-hybridized carbons (Fsp3) is 0.750. The standard InChI is InChI=1S/C12H23NO/c1-5-8-11(9-6-2)10-12(14)13(4)7-3/h5,8,11H,6-7,9-10H2,1-4H3/b8-5+. The molecule has 0 aromatic carbocycles. The summed E-state index contributed by atoms with van der Waals surface area (Å²) in [6.45, 7) is 6.97. The van der Waals surface area contributed by atoms with E-state index in [2.05, 4.69) is 13.0 Å². The lowest BCUT2D eigenvalue weighted by Crippen LogP contribution is -2.27. The molecule has 14 heavy (non-hydrogen) atoms. The second kappa shape index (κ2) is 7.60. The Balaban J connectivity index is 4.08. The molecule has 0 radical (unpaired) electrons. The van der Waals surface area contributed by atoms with Crippen LogP contribution in [0.1, 0.15) is 40.0 Å². The molecule has 0 N–H and O–H groups in total. The summed E-state index contributed by atoms with van der Waals surface area (Å²) >= 11 is 0. The number of rotatable bonds is 6. The van der Waals surface area contributed by atoms with Crippen molar-refractivity contribution in [2.24, 2.45) is 5.92 Å². The number of hydrogen-bond donors (Lipinski definition) is 0. The van der Waals surface area contributed by atoms with Gasteiger partial charge < -0.3 is 4.90 Å². The van der Waals surface area contributed by atoms with Gasteiger partial charge >= 0.3 is 0 Å². The van der Waals surface area contributed by atoms with Gasteiger partial charge in [-0.05, 0) is 26.2 Å². The highest BCUT2D eigenvalue weighted by atomic mass is 16.2. The molecule has 0 aliphatic heterocycles. The van der Waals surface area contributed by atoms with Crippen molar-refractivity contribution in [3.8, 4) is 0 Å². The van der Waals surface area contributed by atoms with E-state index in [4.69, 9.17) is 0 Å². The molecule has 0 fully saturated rings. The molecular weight excluding hydrogens is 174 g/mol. The highest BCUT2D eigenvalue weighted by Gasteiger charge is 2.12. The Bertz CT molecular complexity index is 187. The summed E-state index contributed by atoms with van der Waals surface area (Å²) < 4.78 is 0. The summed E-state index contributed by atoms with van der Waals surface area (Å²) in [5, 5.41) is 0. The van der Waals surface area contributed by atoms with Crippen molar-refractivity contribution in [2.75, 3.05) is 13.6 Å². The minimum atomic E-state index is 0.254. The van der Waals surface area contributed by atoms with Gasteiger partial charge in [-0.2, -0.15) is 0 Å². The first kappa shape index (κ1) is 13.2. The third-order valence-electron chi connectivity index (χ3n) is 2.46. The van der Waals surface area contributed by atoms with E-state index in [1.165, 1.54) is 0 Å². The second-order valence-electron chi connectivity index (χ2n) is 3.69. The average molecular weight is 197 g/mol. The van der Waals surface area contributed by atoms with Crippen LogP contribution < -0.4 is 0 Å². The Morgan fingerprint density at radius 1 is 1.43 bits per heavy atom. The molecule has 1 unspecified atom stereocenters. The Morgan fingerprint density at radius 2 is 2.07 bits per heavy atom. The summed E-state index contributed by atoms with van der Waals surface area (Å²) in [4.78, 5) is 13.4. The molecular formula is C12H23NO. The quantitative estimate of drug-likeness (QED) is 0.600. The van der Waals surface area contributed by atoms with Crippen LogP contribution in [0, 0.1) is 5.92 Å². The van der Waals surface area contributed by atoms with Gasteiger partial charge in [-0.25, -0.2) is 0 Å². The van der Waals surface area contributed by atoms with Crippen LogP contribution in [0.2, 0.25) is 0 Å². The van der Waals surface area contributed by atoms with Gasteiger partial charge in [0.05, 0.1) is 0 Å². The van der Waals surface area contributed by atoms with Crippen LogP contribution >= 0.6 is 0 Å². The lowest BCUT2D eigenvalue weighted by atomic mass is 9.98. The molecule has 0 aliphatic carbocycles. The van der Waals surface area contributed by atoms with Gasteiger partial charge in [-0.1, -0.05) is 25.5 Å². The topological polar surface area (TPSA) is 20.3 Å². The molecule has 0 rings (SSSR count). The van der Waals surface area contributed by atoms with Gasteiger partial charge in [0, 0.05) is 20.0 Å². The molecule has 1 atom stereocenters. The Labute approximate surface area is 88.0 Å². The van der Waals surface area contributed by atoms with Crippen molar-refractivity contribution in [1.29, 1.82) is 0 Å². The predicted octanol–water partition coefficient (Wildman–Crippen LogP) is 2.85. The van der Waals surface area contributed by atoms with Gasteiger partial charge in [0.1, 0.15) is 0 Å². The van der Waals surface area contributed by atoms with Crippen LogP contribution in [0.15, 0.2) is 12.2 Å². The first-order valence-corrected chi connectivity index (χ1v) is 5.52. The van der Waals surface area contributed by atoms with E-state index < -0.39 is 0 Å². The highest BCUT2D eigenvalue weighted by Crippen LogP contribution is 2.14. The predicted molar refractivity (Wildman–Crippen MR) is 61.1 cm³/mol. The average Bonchev–Trinajstić information content (AvgIpc) is 2.17. The summed E-state index contributed by atoms with van der Waals surface area (Å²) in [6, 6.07) is 0. The molecule has 0 saturated carbocycles. The number of carbonyl (C=O) groups excluding carboxylic acids is 1. The normalized spacial score (nSPS) is 13.1. The Hall–Kier alpha value is -0.790. The van der Waals surface area contributed by atoms with Gasteiger partial charge in [0.15, 0.2) is 0 Å². The van der Waals surface area contributed by atoms with Crippen molar-refractivity contribution in [3.05, 3.63) is 12.2 Å². The van der Waals surface area contributed by atoms with E-state index in [9.17, 15) is 4.79 Å². The molecule has 0 spiro atoms. The van der Waals surface area contributed by atoms with Gasteiger partial charge in [0.2, 0.25) is 5.91 Å². The smallest absolute Gasteiger partial charge is 0.222 e. The van der Waals surface area contributed by atoms with Crippen LogP contribution in [0.25, 0.3) is 0 Å². The van der Waals surface area contributed by atoms with Crippen LogP contribution in [0.3, 0.4) is 0 Å². The van der Waals surface area contributed by atoms with E-state index in [1.807, 2.05) is 27.0 Å². The van der Waals surface area contributed by atoms with E-state index in [0.717, 1.165) is 19.4 Å². The lowest BCUT2D eigenvalue weighted by Gasteiger charge is -2.17. The van der Waals surface area contributed by atoms with Gasteiger partial charge in [0.25, 0.3) is 0 Å². The van der Waals surface area contributed by atoms with Crippen LogP contribution in [0.5, 0.6) is 0 Å². The molecule has 0 aromatic heterocycles. The largest absolute Gasteiger partial charge is 0.346 e. The lowest BCUT2D eigenvalue weighted by molar-refractivity contribution is -0.130. The molecule has 2 nitrogen and oxygen atoms in total. The summed E-state index contributed by atoms with van der Waals surface area (Å²) in [7, 11) is 1.86. The number of carbonyl (C=O) groups is 1. The van der Waals surface area contributed by atoms with Crippen LogP contribution in [-0.2, 0) is 4.79 Å². The number of nitrogens with zero attached hydrogens (tertiary/aromatic N) is 1. The van der Waals surface area contributed by atoms with Crippen molar-refractivity contribution < 1.29 is 4.79 Å². The zero-order valence-electron chi connectivity index (χ0n) is 9.92. The molecule has 1 amide bonds. The molecule has 82 valence electrons. The maximum Gasteiger partial charge on any atom is 0.222 e. The molecule has 0 aliphatic rings. The molecule has 0 saturated heterocycles. The van der Waals surface area contributed by atoms with E-state index in [0.29, 0.717) is 12.3 Å². The molecule has 0 aromatic rings. The number of hydrogen-bond acceptors (Lipinski definition) is 1. The summed E-state index contributed by atoms with van der Waals surface area (Å²) in [6.07, 6.45) is 7.08. The number of amides is 1. The number of allylic oxidation sites excluding steroid dienone is 2. The third kappa shape index (κ3) is 5.05. The highest BCUT2D eigenvalue weighted by molar-refractivity contribution is 5.76. The van der Waals surface area contributed by atoms with Crippen LogP contribution in [0.4, 0.5) is 0 Å². The minimum Gasteiger partial charge on any atom is -0.346 e. The molecule has 0 heterocycles. The van der Waals surface area contributed by atoms with Crippen molar-refractivity contribution >= 4 is 5.91 Å². The van der Waals surface area contributed by atoms with Crippen LogP contribution in [-0.4, -0.2) is 24.4 Å². The second-order valence-corrected chi connectivity index (χ2v) is 3.69. The third-order valence-corrected chi connectivity index (χ3v) is 2.46. The van der Waals surface area contributed by atoms with Crippen molar-refractivity contribution in [2.45, 2.75) is 40.0 Å². The first-order chi connectivity index (χ1) is 6.65. The van der Waals surface area contributed by atoms with Gasteiger partial charge in [-0.3, -0.25) is 4.79 Å². The zero-order chi connectivity index (χ0) is 11.0. The maximum atomic E-state index is 11.6. The van der Waals surface area contributed by atoms with Gasteiger partial charge in [-0.15, -0.1) is 0 Å². The SMILES string of the molecule is C/C=C/C(CCC)CC(=O)N(C)CC. The Kier molecular flexibility index (Phi) is 7.17. The maximum absolute atomic E-state index is 11.6. The molecule has 0 bridgehead atoms.